The van der Waals surface area contributed by atoms with Gasteiger partial charge in [0, 0.05) is 35.5 Å². The van der Waals surface area contributed by atoms with E-state index in [2.05, 4.69) is 4.98 Å². The van der Waals surface area contributed by atoms with Gasteiger partial charge in [0.25, 0.3) is 0 Å². The van der Waals surface area contributed by atoms with Crippen molar-refractivity contribution in [1.29, 1.82) is 0 Å². The maximum Gasteiger partial charge on any atom is 0.410 e. The Hall–Kier alpha value is -1.91. The molecule has 2 atom stereocenters. The van der Waals surface area contributed by atoms with Crippen LogP contribution in [0.25, 0.3) is 0 Å². The molecule has 2 unspecified atom stereocenters. The summed E-state index contributed by atoms with van der Waals surface area (Å²) in [5.74, 6) is 0.169. The van der Waals surface area contributed by atoms with Crippen molar-refractivity contribution in [3.05, 3.63) is 29.6 Å². The number of ketones is 1. The lowest BCUT2D eigenvalue weighted by molar-refractivity contribution is -0.0260. The number of carbonyl (C=O) groups is 2. The molecule has 2 aliphatic rings. The van der Waals surface area contributed by atoms with E-state index in [-0.39, 0.29) is 29.9 Å². The van der Waals surface area contributed by atoms with Gasteiger partial charge < -0.3 is 9.64 Å². The molecular formula is C20H28N2O3. The second kappa shape index (κ2) is 6.77. The first-order chi connectivity index (χ1) is 11.7. The molecule has 136 valence electrons. The lowest BCUT2D eigenvalue weighted by Crippen LogP contribution is -2.56. The average Bonchev–Trinajstić information content (AvgIpc) is 2.51. The molecular weight excluding hydrogens is 316 g/mol. The molecule has 1 amide bonds. The molecule has 3 rings (SSSR count). The molecule has 1 aromatic heterocycles. The molecule has 2 fully saturated rings. The minimum Gasteiger partial charge on any atom is -0.444 e. The molecule has 2 saturated heterocycles. The molecule has 2 aliphatic heterocycles. The Morgan fingerprint density at radius 2 is 1.84 bits per heavy atom. The van der Waals surface area contributed by atoms with Gasteiger partial charge >= 0.3 is 6.09 Å². The van der Waals surface area contributed by atoms with Gasteiger partial charge in [-0.2, -0.15) is 0 Å². The van der Waals surface area contributed by atoms with Crippen molar-refractivity contribution in [2.45, 2.75) is 77.5 Å². The summed E-state index contributed by atoms with van der Waals surface area (Å²) in [4.78, 5) is 31.6. The second-order valence-corrected chi connectivity index (χ2v) is 8.34. The third kappa shape index (κ3) is 4.02. The predicted octanol–water partition coefficient (Wildman–Crippen LogP) is 4.14. The monoisotopic (exact) mass is 344 g/mol. The lowest BCUT2D eigenvalue weighted by Gasteiger charge is -2.48. The van der Waals surface area contributed by atoms with Crippen LogP contribution in [0, 0.1) is 12.8 Å². The van der Waals surface area contributed by atoms with Crippen LogP contribution in [-0.2, 0) is 4.74 Å². The zero-order chi connectivity index (χ0) is 18.2. The van der Waals surface area contributed by atoms with Gasteiger partial charge in [0.1, 0.15) is 5.60 Å². The first-order valence-electron chi connectivity index (χ1n) is 9.23. The number of rotatable bonds is 2. The molecule has 0 aromatic carbocycles. The van der Waals surface area contributed by atoms with E-state index < -0.39 is 5.60 Å². The van der Waals surface area contributed by atoms with E-state index in [1.807, 2.05) is 38.7 Å². The van der Waals surface area contributed by atoms with Crippen molar-refractivity contribution in [2.75, 3.05) is 0 Å². The number of aromatic nitrogens is 1. The fourth-order valence-electron chi connectivity index (χ4n) is 4.14. The van der Waals surface area contributed by atoms with Gasteiger partial charge in [-0.3, -0.25) is 9.78 Å². The Morgan fingerprint density at radius 3 is 2.40 bits per heavy atom. The highest BCUT2D eigenvalue weighted by atomic mass is 16.6. The van der Waals surface area contributed by atoms with Crippen molar-refractivity contribution in [3.8, 4) is 0 Å². The normalized spacial score (nSPS) is 26.2. The number of amides is 1. The number of aryl methyl sites for hydroxylation is 1. The van der Waals surface area contributed by atoms with E-state index in [0.29, 0.717) is 0 Å². The Balaban J connectivity index is 1.75. The maximum absolute atomic E-state index is 12.9. The first-order valence-corrected chi connectivity index (χ1v) is 9.23. The number of Topliss-reactive ketones (excluding diaryl/α,β-unsaturated/α-hetero) is 1. The van der Waals surface area contributed by atoms with Crippen LogP contribution in [0.5, 0.6) is 0 Å². The molecule has 2 bridgehead atoms. The molecule has 0 N–H and O–H groups in total. The first kappa shape index (κ1) is 17.9. The van der Waals surface area contributed by atoms with E-state index in [0.717, 1.165) is 43.4 Å². The van der Waals surface area contributed by atoms with Crippen LogP contribution in [0.2, 0.25) is 0 Å². The number of piperidine rings is 2. The number of fused-ring (bicyclic) bond motifs is 2. The SMILES string of the molecule is Cc1cc(C(=O)C2CC3CCCC(C2)N3C(=O)OC(C)(C)C)ccn1. The summed E-state index contributed by atoms with van der Waals surface area (Å²) >= 11 is 0. The number of pyridine rings is 1. The fourth-order valence-corrected chi connectivity index (χ4v) is 4.14. The predicted molar refractivity (Wildman–Crippen MR) is 95.5 cm³/mol. The van der Waals surface area contributed by atoms with Crippen LogP contribution in [0.1, 0.15) is 68.9 Å². The largest absolute Gasteiger partial charge is 0.444 e. The van der Waals surface area contributed by atoms with E-state index in [1.54, 1.807) is 12.3 Å². The van der Waals surface area contributed by atoms with Gasteiger partial charge in [-0.1, -0.05) is 0 Å². The van der Waals surface area contributed by atoms with Crippen molar-refractivity contribution in [3.63, 3.8) is 0 Å². The summed E-state index contributed by atoms with van der Waals surface area (Å²) in [6.07, 6.45) is 5.95. The second-order valence-electron chi connectivity index (χ2n) is 8.34. The summed E-state index contributed by atoms with van der Waals surface area (Å²) in [5.41, 5.74) is 1.10. The van der Waals surface area contributed by atoms with E-state index in [9.17, 15) is 9.59 Å². The summed E-state index contributed by atoms with van der Waals surface area (Å²) in [6, 6.07) is 3.88. The van der Waals surface area contributed by atoms with Crippen LogP contribution in [0.4, 0.5) is 4.79 Å². The average molecular weight is 344 g/mol. The van der Waals surface area contributed by atoms with Crippen LogP contribution in [0.15, 0.2) is 18.3 Å². The fraction of sp³-hybridized carbons (Fsp3) is 0.650. The third-order valence-electron chi connectivity index (χ3n) is 5.13. The summed E-state index contributed by atoms with van der Waals surface area (Å²) < 4.78 is 5.60. The minimum atomic E-state index is -0.493. The quantitative estimate of drug-likeness (QED) is 0.757. The zero-order valence-corrected chi connectivity index (χ0v) is 15.6. The maximum atomic E-state index is 12.9. The molecule has 25 heavy (non-hydrogen) atoms. The summed E-state index contributed by atoms with van der Waals surface area (Å²) in [5, 5.41) is 0. The minimum absolute atomic E-state index is 0.0178. The van der Waals surface area contributed by atoms with Crippen molar-refractivity contribution in [1.82, 2.24) is 9.88 Å². The Bertz CT molecular complexity index is 651. The molecule has 1 aromatic rings. The Morgan fingerprint density at radius 1 is 1.20 bits per heavy atom. The molecule has 0 radical (unpaired) electrons. The van der Waals surface area contributed by atoms with Crippen LogP contribution in [-0.4, -0.2) is 39.4 Å². The number of nitrogens with zero attached hydrogens (tertiary/aromatic N) is 2. The zero-order valence-electron chi connectivity index (χ0n) is 15.6. The van der Waals surface area contributed by atoms with Gasteiger partial charge in [-0.25, -0.2) is 4.79 Å². The molecule has 0 saturated carbocycles. The number of ether oxygens (including phenoxy) is 1. The topological polar surface area (TPSA) is 59.5 Å². The van der Waals surface area contributed by atoms with Gasteiger partial charge in [-0.15, -0.1) is 0 Å². The molecule has 0 spiro atoms. The van der Waals surface area contributed by atoms with Gasteiger partial charge in [0.2, 0.25) is 0 Å². The Labute approximate surface area is 149 Å². The van der Waals surface area contributed by atoms with Gasteiger partial charge in [0.15, 0.2) is 5.78 Å². The highest BCUT2D eigenvalue weighted by Crippen LogP contribution is 2.39. The van der Waals surface area contributed by atoms with Crippen LogP contribution >= 0.6 is 0 Å². The van der Waals surface area contributed by atoms with Crippen molar-refractivity contribution >= 4 is 11.9 Å². The van der Waals surface area contributed by atoms with Gasteiger partial charge in [-0.05, 0) is 71.9 Å². The van der Waals surface area contributed by atoms with Crippen molar-refractivity contribution in [2.24, 2.45) is 5.92 Å². The summed E-state index contributed by atoms with van der Waals surface area (Å²) in [6.45, 7) is 7.57. The smallest absolute Gasteiger partial charge is 0.410 e. The lowest BCUT2D eigenvalue weighted by atomic mass is 9.76. The van der Waals surface area contributed by atoms with E-state index >= 15 is 0 Å². The molecule has 5 heteroatoms. The van der Waals surface area contributed by atoms with Crippen LogP contribution in [0.3, 0.4) is 0 Å². The Kier molecular flexibility index (Phi) is 4.85. The molecule has 0 aliphatic carbocycles. The van der Waals surface area contributed by atoms with E-state index in [4.69, 9.17) is 4.74 Å². The van der Waals surface area contributed by atoms with Crippen LogP contribution < -0.4 is 0 Å². The van der Waals surface area contributed by atoms with Crippen molar-refractivity contribution < 1.29 is 14.3 Å². The number of hydrogen-bond donors (Lipinski definition) is 0. The molecule has 3 heterocycles. The molecule has 5 nitrogen and oxygen atoms in total. The van der Waals surface area contributed by atoms with Gasteiger partial charge in [0.05, 0.1) is 0 Å². The standard InChI is InChI=1S/C20H28N2O3/c1-13-10-14(8-9-21-13)18(23)15-11-16-6-5-7-17(12-15)22(16)19(24)25-20(2,3)4/h8-10,15-17H,5-7,11-12H2,1-4H3. The highest BCUT2D eigenvalue weighted by Gasteiger charge is 2.44. The number of hydrogen-bond acceptors (Lipinski definition) is 4. The third-order valence-corrected chi connectivity index (χ3v) is 5.13. The number of carbonyl (C=O) groups excluding carboxylic acids is 2. The van der Waals surface area contributed by atoms with E-state index in [1.165, 1.54) is 0 Å². The highest BCUT2D eigenvalue weighted by molar-refractivity contribution is 5.98. The summed E-state index contributed by atoms with van der Waals surface area (Å²) in [7, 11) is 0.